The van der Waals surface area contributed by atoms with Gasteiger partial charge in [-0.25, -0.2) is 4.98 Å². The minimum atomic E-state index is 0.00249. The Hall–Kier alpha value is -2.14. The normalized spacial score (nSPS) is 10.8. The molecule has 0 aliphatic carbocycles. The lowest BCUT2D eigenvalue weighted by molar-refractivity contribution is 0.301. The van der Waals surface area contributed by atoms with E-state index in [0.717, 1.165) is 30.3 Å². The lowest BCUT2D eigenvalue weighted by Gasteiger charge is -2.25. The van der Waals surface area contributed by atoms with Crippen molar-refractivity contribution in [1.82, 2.24) is 4.98 Å². The number of fused-ring (bicyclic) bond motifs is 1. The number of rotatable bonds is 7. The predicted octanol–water partition coefficient (Wildman–Crippen LogP) is 2.12. The molecule has 1 heterocycles. The van der Waals surface area contributed by atoms with E-state index in [1.807, 2.05) is 35.2 Å². The average Bonchev–Trinajstić information content (AvgIpc) is 2.50. The van der Waals surface area contributed by atoms with Crippen molar-refractivity contribution < 1.29 is 5.11 Å². The van der Waals surface area contributed by atoms with Crippen LogP contribution < -0.4 is 10.6 Å². The molecule has 0 saturated heterocycles. The van der Waals surface area contributed by atoms with Gasteiger partial charge in [0.05, 0.1) is 17.7 Å². The van der Waals surface area contributed by atoms with Gasteiger partial charge < -0.3 is 15.7 Å². The second-order valence-electron chi connectivity index (χ2n) is 5.03. The first-order valence-electron chi connectivity index (χ1n) is 7.27. The van der Waals surface area contributed by atoms with Gasteiger partial charge in [0.1, 0.15) is 11.7 Å². The Morgan fingerprint density at radius 3 is 2.76 bits per heavy atom. The highest BCUT2D eigenvalue weighted by molar-refractivity contribution is 6.03. The van der Waals surface area contributed by atoms with Crippen LogP contribution in [-0.4, -0.2) is 35.6 Å². The molecule has 5 heteroatoms. The van der Waals surface area contributed by atoms with Crippen molar-refractivity contribution in [2.45, 2.75) is 19.8 Å². The van der Waals surface area contributed by atoms with E-state index in [1.165, 1.54) is 0 Å². The maximum atomic E-state index is 9.29. The molecule has 0 spiro atoms. The molecule has 0 radical (unpaired) electrons. The summed E-state index contributed by atoms with van der Waals surface area (Å²) in [7, 11) is 0. The van der Waals surface area contributed by atoms with E-state index in [1.54, 1.807) is 0 Å². The molecule has 0 fully saturated rings. The van der Waals surface area contributed by atoms with Crippen LogP contribution in [0.25, 0.3) is 10.9 Å². The van der Waals surface area contributed by atoms with E-state index < -0.39 is 0 Å². The third-order valence-corrected chi connectivity index (χ3v) is 3.45. The number of aliphatic hydroxyl groups is 1. The van der Waals surface area contributed by atoms with Crippen LogP contribution in [-0.2, 0) is 0 Å². The number of nitrogens with zero attached hydrogens (tertiary/aromatic N) is 2. The number of para-hydroxylation sites is 1. The van der Waals surface area contributed by atoms with Crippen molar-refractivity contribution in [1.29, 1.82) is 5.41 Å². The summed E-state index contributed by atoms with van der Waals surface area (Å²) < 4.78 is 0. The number of nitrogens with one attached hydrogen (secondary N) is 1. The molecule has 0 bridgehead atoms. The van der Waals surface area contributed by atoms with Crippen LogP contribution in [0.2, 0.25) is 0 Å². The predicted molar refractivity (Wildman–Crippen MR) is 87.0 cm³/mol. The number of pyridine rings is 1. The number of benzene rings is 1. The van der Waals surface area contributed by atoms with Crippen LogP contribution in [0.4, 0.5) is 5.82 Å². The van der Waals surface area contributed by atoms with E-state index in [9.17, 15) is 5.11 Å². The zero-order valence-electron chi connectivity index (χ0n) is 12.3. The van der Waals surface area contributed by atoms with Gasteiger partial charge in [-0.15, -0.1) is 0 Å². The lowest BCUT2D eigenvalue weighted by Crippen LogP contribution is -2.31. The molecule has 0 saturated carbocycles. The second kappa shape index (κ2) is 7.04. The second-order valence-corrected chi connectivity index (χ2v) is 5.03. The molecule has 1 aromatic heterocycles. The van der Waals surface area contributed by atoms with Crippen molar-refractivity contribution in [3.63, 3.8) is 0 Å². The zero-order valence-corrected chi connectivity index (χ0v) is 12.3. The quantitative estimate of drug-likeness (QED) is 0.537. The molecule has 112 valence electrons. The largest absolute Gasteiger partial charge is 0.395 e. The summed E-state index contributed by atoms with van der Waals surface area (Å²) in [5.41, 5.74) is 7.22. The molecule has 0 aliphatic rings. The number of hydrogen-bond donors (Lipinski definition) is 3. The fourth-order valence-corrected chi connectivity index (χ4v) is 2.34. The van der Waals surface area contributed by atoms with Crippen molar-refractivity contribution in [3.8, 4) is 0 Å². The summed E-state index contributed by atoms with van der Waals surface area (Å²) in [6.07, 6.45) is 2.07. The van der Waals surface area contributed by atoms with E-state index in [-0.39, 0.29) is 12.4 Å². The molecular formula is C16H22N4O. The topological polar surface area (TPSA) is 86.2 Å². The monoisotopic (exact) mass is 286 g/mol. The Morgan fingerprint density at radius 2 is 2.10 bits per heavy atom. The maximum Gasteiger partial charge on any atom is 0.140 e. The van der Waals surface area contributed by atoms with Crippen molar-refractivity contribution >= 4 is 22.6 Å². The van der Waals surface area contributed by atoms with Crippen LogP contribution in [0.3, 0.4) is 0 Å². The molecule has 21 heavy (non-hydrogen) atoms. The Bertz CT molecular complexity index is 627. The molecule has 0 unspecified atom stereocenters. The van der Waals surface area contributed by atoms with Gasteiger partial charge in [0.15, 0.2) is 0 Å². The average molecular weight is 286 g/mol. The highest BCUT2D eigenvalue weighted by Gasteiger charge is 2.15. The first-order chi connectivity index (χ1) is 10.2. The van der Waals surface area contributed by atoms with Gasteiger partial charge in [-0.2, -0.15) is 0 Å². The SMILES string of the molecule is CCCCN(CCO)c1nc2ccccc2cc1C(=N)N. The van der Waals surface area contributed by atoms with Crippen LogP contribution in [0.15, 0.2) is 30.3 Å². The molecule has 0 atom stereocenters. The third-order valence-electron chi connectivity index (χ3n) is 3.45. The molecular weight excluding hydrogens is 264 g/mol. The molecule has 4 N–H and O–H groups in total. The molecule has 1 aromatic carbocycles. The van der Waals surface area contributed by atoms with Gasteiger partial charge in [0, 0.05) is 18.5 Å². The number of nitrogen functional groups attached to an aromatic ring is 1. The van der Waals surface area contributed by atoms with Gasteiger partial charge in [0.2, 0.25) is 0 Å². The maximum absolute atomic E-state index is 9.29. The number of aliphatic hydroxyl groups excluding tert-OH is 1. The van der Waals surface area contributed by atoms with E-state index >= 15 is 0 Å². The Balaban J connectivity index is 2.51. The Labute approximate surface area is 124 Å². The molecule has 5 nitrogen and oxygen atoms in total. The summed E-state index contributed by atoms with van der Waals surface area (Å²) in [6.45, 7) is 3.46. The van der Waals surface area contributed by atoms with Gasteiger partial charge in [-0.1, -0.05) is 31.5 Å². The van der Waals surface area contributed by atoms with E-state index in [2.05, 4.69) is 11.9 Å². The molecule has 2 rings (SSSR count). The van der Waals surface area contributed by atoms with Gasteiger partial charge >= 0.3 is 0 Å². The van der Waals surface area contributed by atoms with Crippen LogP contribution in [0.1, 0.15) is 25.3 Å². The minimum Gasteiger partial charge on any atom is -0.395 e. The molecule has 0 amide bonds. The summed E-state index contributed by atoms with van der Waals surface area (Å²) in [5.74, 6) is 0.686. The minimum absolute atomic E-state index is 0.00249. The van der Waals surface area contributed by atoms with Gasteiger partial charge in [0.25, 0.3) is 0 Å². The summed E-state index contributed by atoms with van der Waals surface area (Å²) in [6, 6.07) is 9.68. The first-order valence-corrected chi connectivity index (χ1v) is 7.27. The highest BCUT2D eigenvalue weighted by Crippen LogP contribution is 2.23. The lowest BCUT2D eigenvalue weighted by atomic mass is 10.1. The van der Waals surface area contributed by atoms with Gasteiger partial charge in [-0.3, -0.25) is 5.41 Å². The standard InChI is InChI=1S/C16H22N4O/c1-2-3-8-20(9-10-21)16-13(15(17)18)11-12-6-4-5-7-14(12)19-16/h4-7,11,21H,2-3,8-10H2,1H3,(H3,17,18). The summed E-state index contributed by atoms with van der Waals surface area (Å²) in [5, 5.41) is 18.1. The van der Waals surface area contributed by atoms with Crippen molar-refractivity contribution in [3.05, 3.63) is 35.9 Å². The van der Waals surface area contributed by atoms with Gasteiger partial charge in [-0.05, 0) is 18.6 Å². The highest BCUT2D eigenvalue weighted by atomic mass is 16.3. The number of hydrogen-bond acceptors (Lipinski definition) is 4. The Morgan fingerprint density at radius 1 is 1.33 bits per heavy atom. The number of amidine groups is 1. The number of nitrogens with two attached hydrogens (primary N) is 1. The molecule has 2 aromatic rings. The zero-order chi connectivity index (χ0) is 15.2. The Kier molecular flexibility index (Phi) is 5.11. The summed E-state index contributed by atoms with van der Waals surface area (Å²) in [4.78, 5) is 6.67. The third kappa shape index (κ3) is 3.49. The van der Waals surface area contributed by atoms with Crippen LogP contribution in [0, 0.1) is 5.41 Å². The van der Waals surface area contributed by atoms with Crippen molar-refractivity contribution in [2.24, 2.45) is 5.73 Å². The smallest absolute Gasteiger partial charge is 0.140 e. The number of aromatic nitrogens is 1. The fraction of sp³-hybridized carbons (Fsp3) is 0.375. The van der Waals surface area contributed by atoms with Crippen molar-refractivity contribution in [2.75, 3.05) is 24.6 Å². The van der Waals surface area contributed by atoms with E-state index in [4.69, 9.17) is 11.1 Å². The fourth-order valence-electron chi connectivity index (χ4n) is 2.34. The van der Waals surface area contributed by atoms with Crippen LogP contribution >= 0.6 is 0 Å². The number of unbranched alkanes of at least 4 members (excludes halogenated alkanes) is 1. The summed E-state index contributed by atoms with van der Waals surface area (Å²) >= 11 is 0. The van der Waals surface area contributed by atoms with E-state index in [0.29, 0.717) is 17.9 Å². The first kappa shape index (κ1) is 15.3. The van der Waals surface area contributed by atoms with Crippen LogP contribution in [0.5, 0.6) is 0 Å². The number of anilines is 1. The molecule has 0 aliphatic heterocycles.